The summed E-state index contributed by atoms with van der Waals surface area (Å²) in [7, 11) is 10.5. The minimum atomic E-state index is -2.62. The Hall–Kier alpha value is -0.410. The molecule has 1 atom stereocenters. The highest BCUT2D eigenvalue weighted by Gasteiger charge is 2.20. The van der Waals surface area contributed by atoms with Crippen LogP contribution >= 0.6 is 0 Å². The summed E-state index contributed by atoms with van der Waals surface area (Å²) in [6.07, 6.45) is 49.6. The topological polar surface area (TPSA) is 86.9 Å². The van der Waals surface area contributed by atoms with Gasteiger partial charge in [0.25, 0.3) is 0 Å². The SMILES string of the molecule is CC1CCCCC1.CC1CCCCC1.CC1CCCCC1.CC1CCS(=O)(=O)CC1.CC1CNC1.CC1COC1.CN1CCC1.CN1CCCC1.CN1CCCCC1.CN1CCCCC1.CN1CCCCC1.CN1CCCCCC1.C[C@H]1CCCNC1. The van der Waals surface area contributed by atoms with Gasteiger partial charge in [0.05, 0.1) is 24.7 Å². The van der Waals surface area contributed by atoms with Crippen LogP contribution in [0.5, 0.6) is 0 Å². The molecular formula is C75H158N8O3S. The number of nitrogens with one attached hydrogen (secondary N) is 2. The quantitative estimate of drug-likeness (QED) is 0.243. The molecule has 0 amide bonds. The molecule has 0 spiro atoms. The smallest absolute Gasteiger partial charge is 0.150 e. The molecule has 0 unspecified atom stereocenters. The highest BCUT2D eigenvalue weighted by Crippen LogP contribution is 2.24. The monoisotopic (exact) mass is 1250 g/mol. The fraction of sp³-hybridized carbons (Fsp3) is 1.00. The Morgan fingerprint density at radius 1 is 0.264 bits per heavy atom. The van der Waals surface area contributed by atoms with E-state index in [9.17, 15) is 8.42 Å². The third-order valence-corrected chi connectivity index (χ3v) is 21.6. The van der Waals surface area contributed by atoms with Gasteiger partial charge in [0.1, 0.15) is 9.84 Å². The fourth-order valence-electron chi connectivity index (χ4n) is 12.5. The van der Waals surface area contributed by atoms with Crippen molar-refractivity contribution in [2.45, 2.75) is 273 Å². The lowest BCUT2D eigenvalue weighted by Crippen LogP contribution is -2.39. The number of piperidine rings is 4. The number of likely N-dealkylation sites (tertiary alicyclic amines) is 6. The highest BCUT2D eigenvalue weighted by molar-refractivity contribution is 7.91. The maximum absolute atomic E-state index is 10.8. The van der Waals surface area contributed by atoms with Gasteiger partial charge in [-0.1, -0.05) is 177 Å². The van der Waals surface area contributed by atoms with Crippen LogP contribution < -0.4 is 10.6 Å². The summed E-state index contributed by atoms with van der Waals surface area (Å²) in [5, 5.41) is 6.50. The van der Waals surface area contributed by atoms with E-state index < -0.39 is 9.84 Å². The molecule has 0 radical (unpaired) electrons. The highest BCUT2D eigenvalue weighted by atomic mass is 32.2. The fourth-order valence-corrected chi connectivity index (χ4v) is 14.2. The lowest BCUT2D eigenvalue weighted by atomic mass is 9.91. The molecule has 12 heteroatoms. The predicted molar refractivity (Wildman–Crippen MR) is 386 cm³/mol. The van der Waals surface area contributed by atoms with Crippen LogP contribution in [0.1, 0.15) is 273 Å². The van der Waals surface area contributed by atoms with Gasteiger partial charge in [-0.05, 0) is 279 Å². The molecule has 10 heterocycles. The average Bonchev–Trinajstić information content (AvgIpc) is 3.90. The van der Waals surface area contributed by atoms with E-state index in [0.717, 1.165) is 61.6 Å². The van der Waals surface area contributed by atoms with E-state index in [4.69, 9.17) is 4.74 Å². The van der Waals surface area contributed by atoms with Gasteiger partial charge >= 0.3 is 0 Å². The molecule has 13 aliphatic rings. The Morgan fingerprint density at radius 3 is 0.632 bits per heavy atom. The van der Waals surface area contributed by atoms with Crippen molar-refractivity contribution in [1.82, 2.24) is 40.0 Å². The molecule has 0 aromatic carbocycles. The maximum Gasteiger partial charge on any atom is 0.150 e. The van der Waals surface area contributed by atoms with Crippen LogP contribution in [0.2, 0.25) is 0 Å². The van der Waals surface area contributed by atoms with Gasteiger partial charge in [-0.25, -0.2) is 8.42 Å². The van der Waals surface area contributed by atoms with E-state index in [1.54, 1.807) is 0 Å². The van der Waals surface area contributed by atoms with E-state index in [1.807, 2.05) is 0 Å². The van der Waals surface area contributed by atoms with Crippen LogP contribution in [-0.4, -0.2) is 210 Å². The van der Waals surface area contributed by atoms with Crippen molar-refractivity contribution in [1.29, 1.82) is 0 Å². The number of hydrogen-bond acceptors (Lipinski definition) is 11. The zero-order valence-corrected chi connectivity index (χ0v) is 62.1. The molecule has 0 aromatic rings. The van der Waals surface area contributed by atoms with Crippen molar-refractivity contribution in [3.8, 4) is 0 Å². The van der Waals surface area contributed by atoms with E-state index >= 15 is 0 Å². The number of nitrogens with zero attached hydrogens (tertiary/aromatic N) is 6. The number of rotatable bonds is 0. The van der Waals surface area contributed by atoms with Crippen molar-refractivity contribution in [3.05, 3.63) is 0 Å². The van der Waals surface area contributed by atoms with E-state index in [1.165, 1.54) is 317 Å². The Balaban J connectivity index is 0.000000472. The molecule has 0 bridgehead atoms. The van der Waals surface area contributed by atoms with Gasteiger partial charge in [-0.2, -0.15) is 0 Å². The molecular weight excluding hydrogens is 1090 g/mol. The van der Waals surface area contributed by atoms with Gasteiger partial charge in [-0.15, -0.1) is 0 Å². The molecule has 87 heavy (non-hydrogen) atoms. The van der Waals surface area contributed by atoms with Gasteiger partial charge < -0.3 is 44.8 Å². The van der Waals surface area contributed by atoms with Crippen molar-refractivity contribution in [2.24, 2.45) is 41.4 Å². The summed E-state index contributed by atoms with van der Waals surface area (Å²) in [4.78, 5) is 14.3. The van der Waals surface area contributed by atoms with Gasteiger partial charge in [0, 0.05) is 5.92 Å². The summed E-state index contributed by atoms with van der Waals surface area (Å²) in [6, 6.07) is 0. The Bertz CT molecular complexity index is 1300. The molecule has 522 valence electrons. The van der Waals surface area contributed by atoms with Crippen LogP contribution in [0, 0.1) is 41.4 Å². The average molecular weight is 1250 g/mol. The molecule has 13 rings (SSSR count). The first kappa shape index (κ1) is 84.6. The normalized spacial score (nSPS) is 26.3. The third-order valence-electron chi connectivity index (χ3n) is 19.8. The summed E-state index contributed by atoms with van der Waals surface area (Å²) in [5.41, 5.74) is 0. The number of ether oxygens (including phenoxy) is 1. The van der Waals surface area contributed by atoms with Gasteiger partial charge in [-0.3, -0.25) is 0 Å². The van der Waals surface area contributed by atoms with Crippen molar-refractivity contribution < 1.29 is 13.2 Å². The minimum absolute atomic E-state index is 0.411. The summed E-state index contributed by atoms with van der Waals surface area (Å²) in [6.45, 7) is 38.7. The van der Waals surface area contributed by atoms with Crippen molar-refractivity contribution >= 4 is 9.84 Å². The molecule has 10 saturated heterocycles. The molecule has 2 N–H and O–H groups in total. The second kappa shape index (κ2) is 58.2. The minimum Gasteiger partial charge on any atom is -0.381 e. The van der Waals surface area contributed by atoms with Crippen LogP contribution in [0.15, 0.2) is 0 Å². The standard InChI is InChI=1S/C7H15N.3C7H14.4C6H13N.C6H12O2S.C5H11N.2C4H9N.C4H8O/c1-8-6-4-2-3-5-7-8;3*1-7-5-3-2-4-6-7;1-6-3-2-4-7-5-6;3*1-7-5-3-2-4-6-7;1-6-2-4-9(7,8)5-3-6;1-6-4-2-3-5-6;1-4-2-5-3-4;1-5-3-2-4-5;1-4-2-5-3-4/h2-7H2,1H3;3*7H,2-6H2,1H3;6-7H,2-5H2,1H3;3*2-6H2,1H3;6H,2-5H2,1H3;2-5H2,1H3;4-5H,2-3H2,1H3;2-4H2,1H3;4H,2-3H2,1H3/t;;;;6-;;;;;;;;/m....0......../s1. The zero-order chi connectivity index (χ0) is 64.0. The first-order chi connectivity index (χ1) is 41.8. The van der Waals surface area contributed by atoms with Crippen molar-refractivity contribution in [2.75, 3.05) is 172 Å². The molecule has 0 aromatic heterocycles. The summed E-state index contributed by atoms with van der Waals surface area (Å²) in [5.74, 6) is 7.27. The maximum atomic E-state index is 10.8. The van der Waals surface area contributed by atoms with Crippen molar-refractivity contribution in [3.63, 3.8) is 0 Å². The second-order valence-electron chi connectivity index (χ2n) is 30.4. The largest absolute Gasteiger partial charge is 0.381 e. The number of hydrogen-bond donors (Lipinski definition) is 2. The first-order valence-electron chi connectivity index (χ1n) is 38.1. The van der Waals surface area contributed by atoms with E-state index in [0.29, 0.717) is 17.4 Å². The van der Waals surface area contributed by atoms with Crippen LogP contribution in [0.4, 0.5) is 0 Å². The third kappa shape index (κ3) is 57.9. The van der Waals surface area contributed by atoms with Gasteiger partial charge in [0.2, 0.25) is 0 Å². The zero-order valence-electron chi connectivity index (χ0n) is 61.2. The first-order valence-corrected chi connectivity index (χ1v) is 40.0. The lowest BCUT2D eigenvalue weighted by molar-refractivity contribution is -0.0221. The molecule has 11 nitrogen and oxygen atoms in total. The van der Waals surface area contributed by atoms with Crippen LogP contribution in [-0.2, 0) is 14.6 Å². The summed E-state index contributed by atoms with van der Waals surface area (Å²) >= 11 is 0. The summed E-state index contributed by atoms with van der Waals surface area (Å²) < 4.78 is 26.4. The second-order valence-corrected chi connectivity index (χ2v) is 32.7. The Kier molecular flexibility index (Phi) is 56.6. The lowest BCUT2D eigenvalue weighted by Gasteiger charge is -2.24. The predicted octanol–water partition coefficient (Wildman–Crippen LogP) is 16.3. The van der Waals surface area contributed by atoms with Gasteiger partial charge in [0.15, 0.2) is 0 Å². The molecule has 3 aliphatic carbocycles. The van der Waals surface area contributed by atoms with E-state index in [-0.39, 0.29) is 0 Å². The molecule has 3 saturated carbocycles. The molecule has 10 aliphatic heterocycles. The van der Waals surface area contributed by atoms with Crippen LogP contribution in [0.3, 0.4) is 0 Å². The Labute approximate surface area is 546 Å². The number of sulfone groups is 1. The van der Waals surface area contributed by atoms with E-state index in [2.05, 4.69) is 131 Å². The molecule has 13 fully saturated rings. The Morgan fingerprint density at radius 2 is 0.494 bits per heavy atom. The van der Waals surface area contributed by atoms with Crippen LogP contribution in [0.25, 0.3) is 0 Å².